The summed E-state index contributed by atoms with van der Waals surface area (Å²) in [5.41, 5.74) is -0.0998. The normalized spacial score (nSPS) is 36.5. The largest absolute Gasteiger partial charge is 0.356 e. The van der Waals surface area contributed by atoms with Crippen molar-refractivity contribution >= 4 is 17.8 Å². The first-order chi connectivity index (χ1) is 14.1. The third kappa shape index (κ3) is 3.59. The molecule has 2 saturated carbocycles. The van der Waals surface area contributed by atoms with E-state index in [1.54, 1.807) is 0 Å². The van der Waals surface area contributed by atoms with E-state index in [0.29, 0.717) is 19.5 Å². The molecule has 2 aliphatic carbocycles. The van der Waals surface area contributed by atoms with Gasteiger partial charge >= 0.3 is 6.03 Å². The SMILES string of the molecule is CC1(C)[C@@H]2[C@@H](C(=O)N[C@H](C#N)C[C@@H]3CCNC3=O)N(C(=O)N[C@@H]3CC3C(F)F)C[C@@H]21. The van der Waals surface area contributed by atoms with E-state index in [2.05, 4.69) is 16.0 Å². The number of carbonyl (C=O) groups is 3. The molecule has 0 aromatic carbocycles. The van der Waals surface area contributed by atoms with Crippen molar-refractivity contribution in [3.05, 3.63) is 0 Å². The van der Waals surface area contributed by atoms with E-state index in [1.807, 2.05) is 19.9 Å². The Labute approximate surface area is 173 Å². The Balaban J connectivity index is 1.41. The molecule has 2 saturated heterocycles. The predicted octanol–water partition coefficient (Wildman–Crippen LogP) is 0.841. The number of nitrogens with zero attached hydrogens (tertiary/aromatic N) is 2. The molecule has 30 heavy (non-hydrogen) atoms. The fraction of sp³-hybridized carbons (Fsp3) is 0.800. The third-order valence-electron chi connectivity index (χ3n) is 7.37. The fourth-order valence-electron chi connectivity index (χ4n) is 5.25. The van der Waals surface area contributed by atoms with Crippen LogP contribution in [0.5, 0.6) is 0 Å². The second-order valence-corrected chi connectivity index (χ2v) is 9.54. The Kier molecular flexibility index (Phi) is 5.11. The zero-order chi connectivity index (χ0) is 21.8. The molecule has 10 heteroatoms. The van der Waals surface area contributed by atoms with Gasteiger partial charge in [0.15, 0.2) is 0 Å². The van der Waals surface area contributed by atoms with Gasteiger partial charge in [0.2, 0.25) is 18.2 Å². The van der Waals surface area contributed by atoms with Gasteiger partial charge < -0.3 is 20.9 Å². The molecule has 4 amide bonds. The second-order valence-electron chi connectivity index (χ2n) is 9.54. The van der Waals surface area contributed by atoms with Crippen LogP contribution in [0.4, 0.5) is 13.6 Å². The van der Waals surface area contributed by atoms with E-state index >= 15 is 0 Å². The summed E-state index contributed by atoms with van der Waals surface area (Å²) in [6, 6.07) is -0.596. The van der Waals surface area contributed by atoms with Crippen LogP contribution < -0.4 is 16.0 Å². The summed E-state index contributed by atoms with van der Waals surface area (Å²) in [6.45, 7) is 5.02. The van der Waals surface area contributed by atoms with Crippen molar-refractivity contribution in [1.82, 2.24) is 20.9 Å². The molecular weight excluding hydrogens is 396 g/mol. The molecule has 2 aliphatic heterocycles. The summed E-state index contributed by atoms with van der Waals surface area (Å²) in [7, 11) is 0. The Morgan fingerprint density at radius 2 is 2.13 bits per heavy atom. The van der Waals surface area contributed by atoms with Crippen LogP contribution in [0, 0.1) is 40.4 Å². The Morgan fingerprint density at radius 3 is 2.70 bits per heavy atom. The summed E-state index contributed by atoms with van der Waals surface area (Å²) < 4.78 is 25.5. The lowest BCUT2D eigenvalue weighted by Gasteiger charge is -2.31. The maximum Gasteiger partial charge on any atom is 0.318 e. The Morgan fingerprint density at radius 1 is 1.40 bits per heavy atom. The minimum atomic E-state index is -2.47. The number of alkyl halides is 2. The van der Waals surface area contributed by atoms with Gasteiger partial charge in [0.1, 0.15) is 12.1 Å². The van der Waals surface area contributed by atoms with Gasteiger partial charge in [0.05, 0.1) is 6.07 Å². The van der Waals surface area contributed by atoms with Crippen LogP contribution >= 0.6 is 0 Å². The molecule has 4 fully saturated rings. The van der Waals surface area contributed by atoms with Gasteiger partial charge in [-0.25, -0.2) is 13.6 Å². The smallest absolute Gasteiger partial charge is 0.318 e. The van der Waals surface area contributed by atoms with Crippen molar-refractivity contribution in [2.45, 2.75) is 57.7 Å². The quantitative estimate of drug-likeness (QED) is 0.587. The number of hydrogen-bond donors (Lipinski definition) is 3. The van der Waals surface area contributed by atoms with Gasteiger partial charge in [-0.15, -0.1) is 0 Å². The summed E-state index contributed by atoms with van der Waals surface area (Å²) in [5, 5.41) is 17.5. The molecule has 0 radical (unpaired) electrons. The first-order valence-corrected chi connectivity index (χ1v) is 10.5. The van der Waals surface area contributed by atoms with E-state index < -0.39 is 42.4 Å². The van der Waals surface area contributed by atoms with E-state index in [0.717, 1.165) is 0 Å². The van der Waals surface area contributed by atoms with Crippen LogP contribution in [0.1, 0.15) is 33.1 Å². The van der Waals surface area contributed by atoms with Gasteiger partial charge in [-0.1, -0.05) is 13.8 Å². The lowest BCUT2D eigenvalue weighted by Crippen LogP contribution is -2.55. The zero-order valence-corrected chi connectivity index (χ0v) is 17.0. The molecule has 0 spiro atoms. The van der Waals surface area contributed by atoms with Crippen LogP contribution in [0.25, 0.3) is 0 Å². The minimum absolute atomic E-state index is 0.0394. The number of nitriles is 1. The highest BCUT2D eigenvalue weighted by atomic mass is 19.3. The molecule has 0 aromatic heterocycles. The molecule has 164 valence electrons. The number of likely N-dealkylation sites (tertiary alicyclic amines) is 1. The number of nitrogens with one attached hydrogen (secondary N) is 3. The first kappa shape index (κ1) is 20.8. The number of urea groups is 1. The van der Waals surface area contributed by atoms with E-state index in [1.165, 1.54) is 4.90 Å². The predicted molar refractivity (Wildman–Crippen MR) is 101 cm³/mol. The lowest BCUT2D eigenvalue weighted by atomic mass is 9.97. The molecule has 8 nitrogen and oxygen atoms in total. The van der Waals surface area contributed by atoms with Crippen LogP contribution in [-0.4, -0.2) is 60.4 Å². The van der Waals surface area contributed by atoms with Crippen molar-refractivity contribution in [2.24, 2.45) is 29.1 Å². The van der Waals surface area contributed by atoms with Gasteiger partial charge in [0.25, 0.3) is 0 Å². The van der Waals surface area contributed by atoms with Crippen molar-refractivity contribution in [3.63, 3.8) is 0 Å². The van der Waals surface area contributed by atoms with Crippen molar-refractivity contribution in [2.75, 3.05) is 13.1 Å². The number of fused-ring (bicyclic) bond motifs is 1. The third-order valence-corrected chi connectivity index (χ3v) is 7.37. The Bertz CT molecular complexity index is 798. The monoisotopic (exact) mass is 423 g/mol. The van der Waals surface area contributed by atoms with Crippen LogP contribution in [0.2, 0.25) is 0 Å². The van der Waals surface area contributed by atoms with Gasteiger partial charge in [-0.3, -0.25) is 9.59 Å². The highest BCUT2D eigenvalue weighted by Gasteiger charge is 2.69. The van der Waals surface area contributed by atoms with Crippen molar-refractivity contribution < 1.29 is 23.2 Å². The topological polar surface area (TPSA) is 114 Å². The summed E-state index contributed by atoms with van der Waals surface area (Å²) in [6.07, 6.45) is -1.38. The maximum absolute atomic E-state index is 13.1. The standard InChI is InChI=1S/C20H27F2N5O3/c1-20(2)12-8-27(19(30)26-13-6-11(13)16(21)22)15(14(12)20)18(29)25-10(7-23)5-9-3-4-24-17(9)28/h9-16H,3-6,8H2,1-2H3,(H,24,28)(H,25,29)(H,26,30)/t9-,10-,11?,12-,13+,14-,15-/m0/s1. The zero-order valence-electron chi connectivity index (χ0n) is 17.0. The molecule has 2 heterocycles. The van der Waals surface area contributed by atoms with E-state index in [-0.39, 0.29) is 41.9 Å². The molecule has 4 aliphatic rings. The van der Waals surface area contributed by atoms with Crippen LogP contribution in [-0.2, 0) is 9.59 Å². The molecule has 0 bridgehead atoms. The maximum atomic E-state index is 13.1. The van der Waals surface area contributed by atoms with Gasteiger partial charge in [-0.2, -0.15) is 5.26 Å². The average Bonchev–Trinajstić information content (AvgIpc) is 3.38. The van der Waals surface area contributed by atoms with Crippen molar-refractivity contribution in [1.29, 1.82) is 5.26 Å². The highest BCUT2D eigenvalue weighted by Crippen LogP contribution is 2.64. The number of halogens is 2. The minimum Gasteiger partial charge on any atom is -0.356 e. The lowest BCUT2D eigenvalue weighted by molar-refractivity contribution is -0.127. The number of rotatable bonds is 6. The van der Waals surface area contributed by atoms with E-state index in [4.69, 9.17) is 0 Å². The number of carbonyl (C=O) groups excluding carboxylic acids is 3. The highest BCUT2D eigenvalue weighted by molar-refractivity contribution is 5.89. The molecule has 7 atom stereocenters. The average molecular weight is 423 g/mol. The second kappa shape index (κ2) is 7.36. The van der Waals surface area contributed by atoms with Gasteiger partial charge in [-0.05, 0) is 36.5 Å². The summed E-state index contributed by atoms with van der Waals surface area (Å²) in [5.74, 6) is -1.56. The van der Waals surface area contributed by atoms with E-state index in [9.17, 15) is 28.4 Å². The molecule has 3 N–H and O–H groups in total. The summed E-state index contributed by atoms with van der Waals surface area (Å²) in [4.78, 5) is 39.0. The van der Waals surface area contributed by atoms with Crippen LogP contribution in [0.3, 0.4) is 0 Å². The molecule has 1 unspecified atom stereocenters. The molecule has 4 rings (SSSR count). The molecular formula is C20H27F2N5O3. The van der Waals surface area contributed by atoms with Crippen LogP contribution in [0.15, 0.2) is 0 Å². The number of amides is 4. The first-order valence-electron chi connectivity index (χ1n) is 10.5. The fourth-order valence-corrected chi connectivity index (χ4v) is 5.25. The Hall–Kier alpha value is -2.44. The number of hydrogen-bond acceptors (Lipinski definition) is 4. The molecule has 0 aromatic rings. The van der Waals surface area contributed by atoms with Gasteiger partial charge in [0, 0.05) is 31.0 Å². The number of piperidine rings is 1. The summed E-state index contributed by atoms with van der Waals surface area (Å²) >= 11 is 0. The van der Waals surface area contributed by atoms with Crippen molar-refractivity contribution in [3.8, 4) is 6.07 Å².